The summed E-state index contributed by atoms with van der Waals surface area (Å²) < 4.78 is 32.6. The lowest BCUT2D eigenvalue weighted by atomic mass is 10.4. The highest BCUT2D eigenvalue weighted by Crippen LogP contribution is 2.27. The Morgan fingerprint density at radius 3 is 1.24 bits per heavy atom. The summed E-state index contributed by atoms with van der Waals surface area (Å²) in [6.45, 7) is 8.49. The lowest BCUT2D eigenvalue weighted by Crippen LogP contribution is -2.69. The van der Waals surface area contributed by atoms with Gasteiger partial charge in [0.05, 0.1) is 0 Å². The van der Waals surface area contributed by atoms with Gasteiger partial charge in [-0.25, -0.2) is 0 Å². The Hall–Kier alpha value is -0.192. The first-order chi connectivity index (χ1) is 13.9. The molecule has 0 aromatic heterocycles. The maximum atomic E-state index is 6.92. The van der Waals surface area contributed by atoms with Gasteiger partial charge in [-0.15, -0.1) is 0 Å². The molecule has 2 unspecified atom stereocenters. The van der Waals surface area contributed by atoms with Crippen molar-refractivity contribution in [1.82, 2.24) is 0 Å². The third kappa shape index (κ3) is 6.90. The molecule has 0 aliphatic heterocycles. The van der Waals surface area contributed by atoms with Crippen LogP contribution in [0.2, 0.25) is 26.2 Å². The van der Waals surface area contributed by atoms with Gasteiger partial charge in [0, 0.05) is 22.9 Å². The van der Waals surface area contributed by atoms with Crippen molar-refractivity contribution in [3.8, 4) is 0 Å². The average Bonchev–Trinajstić information content (AvgIpc) is 2.68. The monoisotopic (exact) mass is 502 g/mol. The van der Waals surface area contributed by atoms with E-state index in [0.29, 0.717) is 0 Å². The molecule has 2 rings (SSSR count). The lowest BCUT2D eigenvalue weighted by molar-refractivity contribution is 0.224. The van der Waals surface area contributed by atoms with Crippen molar-refractivity contribution in [2.75, 3.05) is 12.5 Å². The summed E-state index contributed by atoms with van der Waals surface area (Å²) in [6, 6.07) is 19.9. The zero-order chi connectivity index (χ0) is 21.3. The smallest absolute Gasteiger partial charge is 0.415 e. The second-order valence-electron chi connectivity index (χ2n) is 6.78. The SMILES string of the molecule is CSO[Si](O[SiH](C)C)(O[Si](OSC)(O[SiH](C)C)c1ccccc1)c1ccccc1. The van der Waals surface area contributed by atoms with E-state index >= 15 is 0 Å². The van der Waals surface area contributed by atoms with Crippen LogP contribution in [-0.2, 0) is 20.1 Å². The standard InChI is InChI=1S/C18H30O5S2Si4/c1-24-19-28(21-26(3)4,17-13-9-7-10-14-17)23-29(20-25-2,22-27(5)6)18-15-11-8-12-16-18/h7-16,26-27H,1-6H3. The maximum absolute atomic E-state index is 6.92. The van der Waals surface area contributed by atoms with Crippen molar-refractivity contribution in [2.45, 2.75) is 26.2 Å². The first-order valence-electron chi connectivity index (χ1n) is 9.48. The van der Waals surface area contributed by atoms with Crippen LogP contribution in [0.4, 0.5) is 0 Å². The van der Waals surface area contributed by atoms with Crippen LogP contribution in [0.25, 0.3) is 0 Å². The van der Waals surface area contributed by atoms with E-state index in [9.17, 15) is 0 Å². The Balaban J connectivity index is 2.65. The first kappa shape index (κ1) is 25.1. The Labute approximate surface area is 189 Å². The Morgan fingerprint density at radius 1 is 0.621 bits per heavy atom. The quantitative estimate of drug-likeness (QED) is 0.326. The molecule has 160 valence electrons. The molecule has 0 saturated carbocycles. The third-order valence-electron chi connectivity index (χ3n) is 3.69. The molecular formula is C18H30O5S2Si4. The summed E-state index contributed by atoms with van der Waals surface area (Å²) in [4.78, 5) is 0. The molecule has 2 atom stereocenters. The van der Waals surface area contributed by atoms with Crippen molar-refractivity contribution in [3.63, 3.8) is 0 Å². The zero-order valence-corrected chi connectivity index (χ0v) is 23.7. The minimum absolute atomic E-state index is 0.919. The van der Waals surface area contributed by atoms with E-state index in [1.54, 1.807) is 0 Å². The molecule has 0 amide bonds. The van der Waals surface area contributed by atoms with Crippen LogP contribution < -0.4 is 10.4 Å². The molecule has 11 heteroatoms. The summed E-state index contributed by atoms with van der Waals surface area (Å²) in [6.07, 6.45) is 3.77. The molecule has 0 bridgehead atoms. The van der Waals surface area contributed by atoms with Gasteiger partial charge in [-0.3, -0.25) is 0 Å². The molecule has 2 aromatic carbocycles. The normalized spacial score (nSPS) is 16.0. The number of hydrogen-bond acceptors (Lipinski definition) is 7. The van der Waals surface area contributed by atoms with Gasteiger partial charge in [-0.2, -0.15) is 0 Å². The third-order valence-corrected chi connectivity index (χ3v) is 17.3. The molecule has 0 heterocycles. The molecular weight excluding hydrogens is 473 g/mol. The van der Waals surface area contributed by atoms with Crippen molar-refractivity contribution in [3.05, 3.63) is 60.7 Å². The predicted molar refractivity (Wildman–Crippen MR) is 134 cm³/mol. The van der Waals surface area contributed by atoms with Crippen LogP contribution in [0.5, 0.6) is 0 Å². The highest BCUT2D eigenvalue weighted by Gasteiger charge is 2.57. The van der Waals surface area contributed by atoms with E-state index in [1.807, 2.05) is 73.2 Å². The van der Waals surface area contributed by atoms with Crippen molar-refractivity contribution >= 4 is 70.1 Å². The Bertz CT molecular complexity index is 667. The van der Waals surface area contributed by atoms with Gasteiger partial charge < -0.3 is 20.1 Å². The molecule has 0 saturated heterocycles. The minimum Gasteiger partial charge on any atom is -0.415 e. The van der Waals surface area contributed by atoms with Crippen LogP contribution in [0.3, 0.4) is 0 Å². The zero-order valence-electron chi connectivity index (χ0n) is 17.8. The highest BCUT2D eigenvalue weighted by molar-refractivity contribution is 7.95. The van der Waals surface area contributed by atoms with E-state index in [0.717, 1.165) is 10.4 Å². The van der Waals surface area contributed by atoms with E-state index < -0.39 is 35.7 Å². The van der Waals surface area contributed by atoms with Gasteiger partial charge in [-0.1, -0.05) is 60.7 Å². The lowest BCUT2D eigenvalue weighted by Gasteiger charge is -2.39. The second kappa shape index (κ2) is 12.0. The van der Waals surface area contributed by atoms with E-state index in [1.165, 1.54) is 24.1 Å². The van der Waals surface area contributed by atoms with Gasteiger partial charge in [-0.05, 0) is 50.3 Å². The van der Waals surface area contributed by atoms with E-state index in [-0.39, 0.29) is 0 Å². The van der Waals surface area contributed by atoms with Crippen molar-refractivity contribution in [2.24, 2.45) is 0 Å². The van der Waals surface area contributed by atoms with Gasteiger partial charge >= 0.3 is 17.6 Å². The summed E-state index contributed by atoms with van der Waals surface area (Å²) in [5, 5.41) is 1.84. The molecule has 2 aromatic rings. The summed E-state index contributed by atoms with van der Waals surface area (Å²) in [5.41, 5.74) is 0. The molecule has 0 fully saturated rings. The number of benzene rings is 2. The molecule has 0 radical (unpaired) electrons. The molecule has 0 N–H and O–H groups in total. The molecule has 5 nitrogen and oxygen atoms in total. The van der Waals surface area contributed by atoms with Gasteiger partial charge in [0.1, 0.15) is 0 Å². The predicted octanol–water partition coefficient (Wildman–Crippen LogP) is 3.28. The largest absolute Gasteiger partial charge is 0.530 e. The van der Waals surface area contributed by atoms with Crippen LogP contribution in [0.15, 0.2) is 60.7 Å². The Morgan fingerprint density at radius 2 is 0.966 bits per heavy atom. The van der Waals surface area contributed by atoms with Gasteiger partial charge in [0.2, 0.25) is 0 Å². The summed E-state index contributed by atoms with van der Waals surface area (Å²) in [5.74, 6) is 0. The summed E-state index contributed by atoms with van der Waals surface area (Å²) >= 11 is 2.54. The fourth-order valence-corrected chi connectivity index (χ4v) is 18.1. The van der Waals surface area contributed by atoms with Crippen LogP contribution >= 0.6 is 24.1 Å². The highest BCUT2D eigenvalue weighted by atomic mass is 32.2. The molecule has 29 heavy (non-hydrogen) atoms. The number of rotatable bonds is 12. The Kier molecular flexibility index (Phi) is 10.4. The minimum atomic E-state index is -3.31. The first-order valence-corrected chi connectivity index (χ1v) is 20.8. The van der Waals surface area contributed by atoms with Crippen LogP contribution in [0.1, 0.15) is 0 Å². The average molecular weight is 503 g/mol. The van der Waals surface area contributed by atoms with Gasteiger partial charge in [0.25, 0.3) is 0 Å². The van der Waals surface area contributed by atoms with Crippen LogP contribution in [-0.4, -0.2) is 48.2 Å². The van der Waals surface area contributed by atoms with Crippen LogP contribution in [0, 0.1) is 0 Å². The second-order valence-corrected chi connectivity index (χ2v) is 19.1. The molecule has 0 aliphatic rings. The number of hydrogen-bond donors (Lipinski definition) is 0. The van der Waals surface area contributed by atoms with Crippen molar-refractivity contribution < 1.29 is 20.1 Å². The topological polar surface area (TPSA) is 46.2 Å². The molecule has 0 aliphatic carbocycles. The molecule has 0 spiro atoms. The fourth-order valence-electron chi connectivity index (χ4n) is 2.77. The maximum Gasteiger partial charge on any atom is 0.530 e. The fraction of sp³-hybridized carbons (Fsp3) is 0.333. The van der Waals surface area contributed by atoms with Crippen molar-refractivity contribution in [1.29, 1.82) is 0 Å². The summed E-state index contributed by atoms with van der Waals surface area (Å²) in [7, 11) is -9.67. The van der Waals surface area contributed by atoms with E-state index in [4.69, 9.17) is 20.1 Å². The van der Waals surface area contributed by atoms with Gasteiger partial charge in [0.15, 0.2) is 18.1 Å². The van der Waals surface area contributed by atoms with E-state index in [2.05, 4.69) is 26.2 Å².